The van der Waals surface area contributed by atoms with Gasteiger partial charge < -0.3 is 10.1 Å². The Kier molecular flexibility index (Phi) is 6.21. The van der Waals surface area contributed by atoms with E-state index < -0.39 is 0 Å². The first-order valence-corrected chi connectivity index (χ1v) is 7.86. The Balaban J connectivity index is 1.78. The monoisotopic (exact) mass is 290 g/mol. The molecule has 1 aromatic rings. The number of nitrogens with zero attached hydrogens (tertiary/aromatic N) is 1. The number of likely N-dealkylation sites (N-methyl/N-ethyl adjacent to an activating group) is 1. The van der Waals surface area contributed by atoms with Crippen molar-refractivity contribution in [2.45, 2.75) is 32.9 Å². The molecular weight excluding hydrogens is 264 g/mol. The lowest BCUT2D eigenvalue weighted by Crippen LogP contribution is -2.41. The van der Waals surface area contributed by atoms with E-state index in [4.69, 9.17) is 4.74 Å². The van der Waals surface area contributed by atoms with Gasteiger partial charge in [-0.3, -0.25) is 9.69 Å². The van der Waals surface area contributed by atoms with E-state index in [1.165, 1.54) is 6.42 Å². The van der Waals surface area contributed by atoms with E-state index in [-0.39, 0.29) is 11.9 Å². The van der Waals surface area contributed by atoms with Crippen molar-refractivity contribution < 1.29 is 9.53 Å². The van der Waals surface area contributed by atoms with Crippen LogP contribution in [0.2, 0.25) is 0 Å². The summed E-state index contributed by atoms with van der Waals surface area (Å²) in [5.41, 5.74) is 1.03. The van der Waals surface area contributed by atoms with E-state index in [9.17, 15) is 4.79 Å². The van der Waals surface area contributed by atoms with Crippen LogP contribution in [0.1, 0.15) is 25.8 Å². The van der Waals surface area contributed by atoms with Crippen LogP contribution in [0.25, 0.3) is 0 Å². The van der Waals surface area contributed by atoms with Gasteiger partial charge in [-0.25, -0.2) is 0 Å². The first-order valence-electron chi connectivity index (χ1n) is 7.86. The molecule has 0 spiro atoms. The fraction of sp³-hybridized carbons (Fsp3) is 0.588. The fourth-order valence-corrected chi connectivity index (χ4v) is 2.78. The van der Waals surface area contributed by atoms with Crippen molar-refractivity contribution >= 4 is 5.97 Å². The Bertz CT molecular complexity index is 430. The predicted molar refractivity (Wildman–Crippen MR) is 83.9 cm³/mol. The molecule has 116 valence electrons. The van der Waals surface area contributed by atoms with E-state index in [0.717, 1.165) is 31.7 Å². The molecule has 1 heterocycles. The van der Waals surface area contributed by atoms with Crippen molar-refractivity contribution in [3.63, 3.8) is 0 Å². The third kappa shape index (κ3) is 4.83. The quantitative estimate of drug-likeness (QED) is 0.780. The number of esters is 1. The average Bonchev–Trinajstić information content (AvgIpc) is 3.05. The molecule has 4 heteroatoms. The van der Waals surface area contributed by atoms with E-state index in [0.29, 0.717) is 12.6 Å². The molecule has 1 fully saturated rings. The van der Waals surface area contributed by atoms with Gasteiger partial charge in [-0.05, 0) is 25.1 Å². The Hall–Kier alpha value is -1.39. The lowest BCUT2D eigenvalue weighted by molar-refractivity contribution is -0.150. The lowest BCUT2D eigenvalue weighted by atomic mass is 10.1. The summed E-state index contributed by atoms with van der Waals surface area (Å²) in [6.07, 6.45) is 1.17. The van der Waals surface area contributed by atoms with Crippen LogP contribution >= 0.6 is 0 Å². The Morgan fingerprint density at radius 3 is 2.81 bits per heavy atom. The molecule has 0 aliphatic carbocycles. The molecule has 1 aliphatic heterocycles. The second kappa shape index (κ2) is 8.15. The molecule has 2 rings (SSSR count). The standard InChI is InChI=1S/C17H26N2O2/c1-3-19(16-9-10-18-11-16)12-14(2)17(20)21-13-15-7-5-4-6-8-15/h4-8,14,16,18H,3,9-13H2,1-2H3. The van der Waals surface area contributed by atoms with Gasteiger partial charge in [0.25, 0.3) is 0 Å². The van der Waals surface area contributed by atoms with Crippen LogP contribution in [0.15, 0.2) is 30.3 Å². The topological polar surface area (TPSA) is 41.6 Å². The first kappa shape index (κ1) is 16.0. The Morgan fingerprint density at radius 1 is 1.43 bits per heavy atom. The van der Waals surface area contributed by atoms with Crippen LogP contribution in [-0.4, -0.2) is 43.1 Å². The zero-order chi connectivity index (χ0) is 15.1. The van der Waals surface area contributed by atoms with Crippen molar-refractivity contribution in [2.75, 3.05) is 26.2 Å². The second-order valence-electron chi connectivity index (χ2n) is 5.73. The average molecular weight is 290 g/mol. The number of carbonyl (C=O) groups excluding carboxylic acids is 1. The molecule has 1 aliphatic rings. The van der Waals surface area contributed by atoms with Gasteiger partial charge in [0.15, 0.2) is 0 Å². The molecule has 2 atom stereocenters. The van der Waals surface area contributed by atoms with E-state index in [1.807, 2.05) is 37.3 Å². The van der Waals surface area contributed by atoms with Crippen molar-refractivity contribution in [1.29, 1.82) is 0 Å². The smallest absolute Gasteiger partial charge is 0.310 e. The van der Waals surface area contributed by atoms with Crippen LogP contribution in [0.4, 0.5) is 0 Å². The maximum absolute atomic E-state index is 12.1. The highest BCUT2D eigenvalue weighted by Gasteiger charge is 2.25. The maximum Gasteiger partial charge on any atom is 0.310 e. The van der Waals surface area contributed by atoms with E-state index >= 15 is 0 Å². The third-order valence-electron chi connectivity index (χ3n) is 4.09. The van der Waals surface area contributed by atoms with Gasteiger partial charge in [-0.15, -0.1) is 0 Å². The molecule has 4 nitrogen and oxygen atoms in total. The van der Waals surface area contributed by atoms with Crippen LogP contribution in [0, 0.1) is 5.92 Å². The zero-order valence-electron chi connectivity index (χ0n) is 13.0. The normalized spacial score (nSPS) is 19.7. The van der Waals surface area contributed by atoms with Crippen LogP contribution < -0.4 is 5.32 Å². The highest BCUT2D eigenvalue weighted by Crippen LogP contribution is 2.12. The summed E-state index contributed by atoms with van der Waals surface area (Å²) in [6, 6.07) is 10.4. The SMILES string of the molecule is CCN(CC(C)C(=O)OCc1ccccc1)C1CCNC1. The molecule has 1 saturated heterocycles. The number of carbonyl (C=O) groups is 1. The summed E-state index contributed by atoms with van der Waals surface area (Å²) in [5, 5.41) is 3.38. The number of benzene rings is 1. The molecule has 0 bridgehead atoms. The molecule has 0 saturated carbocycles. The highest BCUT2D eigenvalue weighted by molar-refractivity contribution is 5.72. The van der Waals surface area contributed by atoms with Gasteiger partial charge in [0.05, 0.1) is 5.92 Å². The third-order valence-corrected chi connectivity index (χ3v) is 4.09. The first-order chi connectivity index (χ1) is 10.2. The van der Waals surface area contributed by atoms with Gasteiger partial charge in [0.1, 0.15) is 6.61 Å². The number of ether oxygens (including phenoxy) is 1. The number of hydrogen-bond acceptors (Lipinski definition) is 4. The molecule has 21 heavy (non-hydrogen) atoms. The molecular formula is C17H26N2O2. The molecule has 0 amide bonds. The minimum atomic E-state index is -0.108. The summed E-state index contributed by atoms with van der Waals surface area (Å²) < 4.78 is 5.42. The fourth-order valence-electron chi connectivity index (χ4n) is 2.78. The highest BCUT2D eigenvalue weighted by atomic mass is 16.5. The Morgan fingerprint density at radius 2 is 2.19 bits per heavy atom. The molecule has 2 unspecified atom stereocenters. The molecule has 0 aromatic heterocycles. The van der Waals surface area contributed by atoms with Gasteiger partial charge in [-0.1, -0.05) is 44.2 Å². The van der Waals surface area contributed by atoms with Crippen LogP contribution in [-0.2, 0) is 16.1 Å². The largest absolute Gasteiger partial charge is 0.461 e. The Labute approximate surface area is 127 Å². The number of hydrogen-bond donors (Lipinski definition) is 1. The van der Waals surface area contributed by atoms with Gasteiger partial charge in [0, 0.05) is 19.1 Å². The zero-order valence-corrected chi connectivity index (χ0v) is 13.0. The molecule has 1 N–H and O–H groups in total. The van der Waals surface area contributed by atoms with Crippen molar-refractivity contribution in [2.24, 2.45) is 5.92 Å². The number of nitrogens with one attached hydrogen (secondary N) is 1. The van der Waals surface area contributed by atoms with E-state index in [1.54, 1.807) is 0 Å². The van der Waals surface area contributed by atoms with Gasteiger partial charge in [-0.2, -0.15) is 0 Å². The minimum absolute atomic E-state index is 0.0886. The summed E-state index contributed by atoms with van der Waals surface area (Å²) in [5.74, 6) is -0.197. The van der Waals surface area contributed by atoms with E-state index in [2.05, 4.69) is 17.1 Å². The van der Waals surface area contributed by atoms with Crippen molar-refractivity contribution in [3.8, 4) is 0 Å². The predicted octanol–water partition coefficient (Wildman–Crippen LogP) is 2.05. The maximum atomic E-state index is 12.1. The molecule has 0 radical (unpaired) electrons. The summed E-state index contributed by atoms with van der Waals surface area (Å²) in [4.78, 5) is 14.5. The van der Waals surface area contributed by atoms with Crippen LogP contribution in [0.3, 0.4) is 0 Å². The number of rotatable bonds is 7. The summed E-state index contributed by atoms with van der Waals surface area (Å²) in [7, 11) is 0. The van der Waals surface area contributed by atoms with Gasteiger partial charge in [0.2, 0.25) is 0 Å². The van der Waals surface area contributed by atoms with Crippen molar-refractivity contribution in [1.82, 2.24) is 10.2 Å². The van der Waals surface area contributed by atoms with Crippen molar-refractivity contribution in [3.05, 3.63) is 35.9 Å². The molecule has 1 aromatic carbocycles. The second-order valence-corrected chi connectivity index (χ2v) is 5.73. The lowest BCUT2D eigenvalue weighted by Gasteiger charge is -2.28. The summed E-state index contributed by atoms with van der Waals surface area (Å²) >= 11 is 0. The minimum Gasteiger partial charge on any atom is -0.461 e. The van der Waals surface area contributed by atoms with Crippen LogP contribution in [0.5, 0.6) is 0 Å². The van der Waals surface area contributed by atoms with Gasteiger partial charge >= 0.3 is 5.97 Å². The summed E-state index contributed by atoms with van der Waals surface area (Å²) in [6.45, 7) is 8.33.